The lowest BCUT2D eigenvalue weighted by atomic mass is 9.97. The third-order valence-corrected chi connectivity index (χ3v) is 4.49. The zero-order valence-electron chi connectivity index (χ0n) is 14.5. The summed E-state index contributed by atoms with van der Waals surface area (Å²) in [6, 6.07) is 7.11. The van der Waals surface area contributed by atoms with Gasteiger partial charge in [0.25, 0.3) is 0 Å². The van der Waals surface area contributed by atoms with Crippen molar-refractivity contribution in [2.75, 3.05) is 13.6 Å². The Kier molecular flexibility index (Phi) is 6.54. The summed E-state index contributed by atoms with van der Waals surface area (Å²) in [5.74, 6) is 0.290. The molecule has 0 spiro atoms. The SMILES string of the molecule is CC1CCCC(C)N1C(=O)CN(C)Cc1ccc(OC(F)F)cc1. The highest BCUT2D eigenvalue weighted by atomic mass is 19.3. The number of likely N-dealkylation sites (tertiary alicyclic amines) is 1. The van der Waals surface area contributed by atoms with E-state index in [0.29, 0.717) is 25.2 Å². The number of halogens is 2. The van der Waals surface area contributed by atoms with Gasteiger partial charge in [0.15, 0.2) is 0 Å². The van der Waals surface area contributed by atoms with E-state index in [9.17, 15) is 13.6 Å². The lowest BCUT2D eigenvalue weighted by Gasteiger charge is -2.39. The zero-order chi connectivity index (χ0) is 17.7. The first-order valence-electron chi connectivity index (χ1n) is 8.40. The Morgan fingerprint density at radius 2 is 1.83 bits per heavy atom. The molecule has 0 saturated carbocycles. The second kappa shape index (κ2) is 8.42. The third-order valence-electron chi connectivity index (χ3n) is 4.49. The van der Waals surface area contributed by atoms with Crippen LogP contribution in [-0.4, -0.2) is 48.0 Å². The monoisotopic (exact) mass is 340 g/mol. The minimum absolute atomic E-state index is 0.142. The first kappa shape index (κ1) is 18.6. The quantitative estimate of drug-likeness (QED) is 0.794. The van der Waals surface area contributed by atoms with Crippen LogP contribution in [0.3, 0.4) is 0 Å². The fourth-order valence-electron chi connectivity index (χ4n) is 3.37. The highest BCUT2D eigenvalue weighted by Crippen LogP contribution is 2.23. The van der Waals surface area contributed by atoms with Gasteiger partial charge in [0.05, 0.1) is 6.54 Å². The highest BCUT2D eigenvalue weighted by Gasteiger charge is 2.29. The summed E-state index contributed by atoms with van der Waals surface area (Å²) in [4.78, 5) is 16.5. The molecule has 1 fully saturated rings. The molecule has 134 valence electrons. The molecule has 1 amide bonds. The second-order valence-electron chi connectivity index (χ2n) is 6.62. The van der Waals surface area contributed by atoms with Crippen LogP contribution in [0, 0.1) is 0 Å². The van der Waals surface area contributed by atoms with E-state index in [1.165, 1.54) is 18.6 Å². The topological polar surface area (TPSA) is 32.8 Å². The molecule has 2 rings (SSSR count). The maximum absolute atomic E-state index is 12.6. The number of amides is 1. The van der Waals surface area contributed by atoms with Gasteiger partial charge in [-0.05, 0) is 57.9 Å². The minimum Gasteiger partial charge on any atom is -0.435 e. The van der Waals surface area contributed by atoms with Gasteiger partial charge in [-0.25, -0.2) is 0 Å². The van der Waals surface area contributed by atoms with E-state index in [2.05, 4.69) is 18.6 Å². The van der Waals surface area contributed by atoms with Crippen LogP contribution in [0.5, 0.6) is 5.75 Å². The number of likely N-dealkylation sites (N-methyl/N-ethyl adjacent to an activating group) is 1. The van der Waals surface area contributed by atoms with Crippen molar-refractivity contribution in [3.63, 3.8) is 0 Å². The molecule has 0 bridgehead atoms. The lowest BCUT2D eigenvalue weighted by Crippen LogP contribution is -2.50. The van der Waals surface area contributed by atoms with Gasteiger partial charge in [-0.15, -0.1) is 0 Å². The normalized spacial score (nSPS) is 21.4. The number of carbonyl (C=O) groups is 1. The van der Waals surface area contributed by atoms with Crippen molar-refractivity contribution in [2.24, 2.45) is 0 Å². The van der Waals surface area contributed by atoms with Gasteiger partial charge in [-0.3, -0.25) is 9.69 Å². The average molecular weight is 340 g/mol. The van der Waals surface area contributed by atoms with E-state index in [4.69, 9.17) is 0 Å². The molecule has 0 N–H and O–H groups in total. The lowest BCUT2D eigenvalue weighted by molar-refractivity contribution is -0.138. The maximum atomic E-state index is 12.6. The van der Waals surface area contributed by atoms with Crippen LogP contribution in [0.4, 0.5) is 8.78 Å². The molecular weight excluding hydrogens is 314 g/mol. The average Bonchev–Trinajstić information content (AvgIpc) is 2.48. The highest BCUT2D eigenvalue weighted by molar-refractivity contribution is 5.79. The molecule has 0 radical (unpaired) electrons. The van der Waals surface area contributed by atoms with E-state index in [1.807, 2.05) is 16.8 Å². The van der Waals surface area contributed by atoms with Crippen molar-refractivity contribution < 1.29 is 18.3 Å². The summed E-state index contributed by atoms with van der Waals surface area (Å²) >= 11 is 0. The molecule has 24 heavy (non-hydrogen) atoms. The molecule has 1 aliphatic rings. The smallest absolute Gasteiger partial charge is 0.387 e. The van der Waals surface area contributed by atoms with Crippen molar-refractivity contribution in [1.29, 1.82) is 0 Å². The van der Waals surface area contributed by atoms with Gasteiger partial charge in [-0.1, -0.05) is 12.1 Å². The Labute approximate surface area is 142 Å². The second-order valence-corrected chi connectivity index (χ2v) is 6.62. The van der Waals surface area contributed by atoms with Gasteiger partial charge in [-0.2, -0.15) is 8.78 Å². The van der Waals surface area contributed by atoms with Crippen LogP contribution in [0.2, 0.25) is 0 Å². The number of benzene rings is 1. The predicted molar refractivity (Wildman–Crippen MR) is 89.0 cm³/mol. The third kappa shape index (κ3) is 5.16. The summed E-state index contributed by atoms with van der Waals surface area (Å²) in [5.41, 5.74) is 0.951. The molecule has 1 aromatic rings. The Balaban J connectivity index is 1.88. The van der Waals surface area contributed by atoms with Crippen LogP contribution >= 0.6 is 0 Å². The van der Waals surface area contributed by atoms with Gasteiger partial charge < -0.3 is 9.64 Å². The number of alkyl halides is 2. The number of nitrogens with zero attached hydrogens (tertiary/aromatic N) is 2. The fraction of sp³-hybridized carbons (Fsp3) is 0.611. The molecule has 0 aliphatic carbocycles. The van der Waals surface area contributed by atoms with Crippen molar-refractivity contribution >= 4 is 5.91 Å². The molecule has 1 saturated heterocycles. The van der Waals surface area contributed by atoms with Gasteiger partial charge >= 0.3 is 6.61 Å². The summed E-state index contributed by atoms with van der Waals surface area (Å²) in [6.45, 7) is 2.33. The Morgan fingerprint density at radius 3 is 2.38 bits per heavy atom. The van der Waals surface area contributed by atoms with Crippen LogP contribution in [0.1, 0.15) is 38.7 Å². The Hall–Kier alpha value is -1.69. The molecule has 2 unspecified atom stereocenters. The Morgan fingerprint density at radius 1 is 1.25 bits per heavy atom. The first-order chi connectivity index (χ1) is 11.4. The molecule has 1 aliphatic heterocycles. The number of hydrogen-bond acceptors (Lipinski definition) is 3. The number of rotatable bonds is 6. The summed E-state index contributed by atoms with van der Waals surface area (Å²) in [6.07, 6.45) is 3.30. The van der Waals surface area contributed by atoms with Gasteiger partial charge in [0, 0.05) is 18.6 Å². The molecule has 2 atom stereocenters. The molecule has 4 nitrogen and oxygen atoms in total. The summed E-state index contributed by atoms with van der Waals surface area (Å²) in [7, 11) is 1.89. The molecule has 1 aromatic carbocycles. The molecule has 1 heterocycles. The van der Waals surface area contributed by atoms with Gasteiger partial charge in [0.2, 0.25) is 5.91 Å². The standard InChI is InChI=1S/C18H26F2N2O2/c1-13-5-4-6-14(2)22(13)17(23)12-21(3)11-15-7-9-16(10-8-15)24-18(19)20/h7-10,13-14,18H,4-6,11-12H2,1-3H3. The fourth-order valence-corrected chi connectivity index (χ4v) is 3.37. The van der Waals surface area contributed by atoms with Crippen LogP contribution in [0.15, 0.2) is 24.3 Å². The largest absolute Gasteiger partial charge is 0.435 e. The number of piperidine rings is 1. The van der Waals surface area contributed by atoms with E-state index >= 15 is 0 Å². The van der Waals surface area contributed by atoms with E-state index in [-0.39, 0.29) is 11.7 Å². The van der Waals surface area contributed by atoms with Gasteiger partial charge in [0.1, 0.15) is 5.75 Å². The molecule has 6 heteroatoms. The van der Waals surface area contributed by atoms with E-state index in [1.54, 1.807) is 12.1 Å². The minimum atomic E-state index is -2.82. The van der Waals surface area contributed by atoms with Crippen molar-refractivity contribution in [3.05, 3.63) is 29.8 Å². The predicted octanol–water partition coefficient (Wildman–Crippen LogP) is 3.51. The van der Waals surface area contributed by atoms with Crippen LogP contribution in [-0.2, 0) is 11.3 Å². The Bertz CT molecular complexity index is 526. The van der Waals surface area contributed by atoms with E-state index < -0.39 is 6.61 Å². The number of hydrogen-bond donors (Lipinski definition) is 0. The molecular formula is C18H26F2N2O2. The number of carbonyl (C=O) groups excluding carboxylic acids is 1. The van der Waals surface area contributed by atoms with Crippen molar-refractivity contribution in [3.8, 4) is 5.75 Å². The zero-order valence-corrected chi connectivity index (χ0v) is 14.5. The molecule has 0 aromatic heterocycles. The van der Waals surface area contributed by atoms with Crippen molar-refractivity contribution in [2.45, 2.75) is 58.3 Å². The summed E-state index contributed by atoms with van der Waals surface area (Å²) in [5, 5.41) is 0. The van der Waals surface area contributed by atoms with E-state index in [0.717, 1.165) is 18.4 Å². The number of ether oxygens (including phenoxy) is 1. The maximum Gasteiger partial charge on any atom is 0.387 e. The summed E-state index contributed by atoms with van der Waals surface area (Å²) < 4.78 is 28.6. The first-order valence-corrected chi connectivity index (χ1v) is 8.40. The van der Waals surface area contributed by atoms with Crippen molar-refractivity contribution in [1.82, 2.24) is 9.80 Å². The van der Waals surface area contributed by atoms with Crippen LogP contribution in [0.25, 0.3) is 0 Å². The van der Waals surface area contributed by atoms with Crippen LogP contribution < -0.4 is 4.74 Å².